The molecular weight excluding hydrogens is 161 g/mol. The summed E-state index contributed by atoms with van der Waals surface area (Å²) in [6, 6.07) is 0. The third-order valence-electron chi connectivity index (χ3n) is 1.23. The van der Waals surface area contributed by atoms with Crippen LogP contribution in [-0.4, -0.2) is 29.2 Å². The molecule has 0 aliphatic rings. The molecule has 1 nitrogen and oxygen atoms in total. The van der Waals surface area contributed by atoms with Crippen molar-refractivity contribution < 1.29 is 17.6 Å². The zero-order chi connectivity index (χ0) is 8.15. The first-order valence-corrected chi connectivity index (χ1v) is 3.84. The second-order valence-corrected chi connectivity index (χ2v) is 2.60. The number of rotatable bonds is 4. The van der Waals surface area contributed by atoms with E-state index in [1.165, 1.54) is 0 Å². The molecular formula is C5H11F3OSi. The minimum absolute atomic E-state index is 0.207. The molecule has 0 aromatic heterocycles. The molecule has 0 N–H and O–H groups in total. The second kappa shape index (κ2) is 4.73. The molecule has 0 aromatic rings. The van der Waals surface area contributed by atoms with Gasteiger partial charge in [-0.2, -0.15) is 0 Å². The lowest BCUT2D eigenvalue weighted by Crippen LogP contribution is -2.19. The predicted molar refractivity (Wildman–Crippen MR) is 36.0 cm³/mol. The number of hydrogen-bond acceptors (Lipinski definition) is 1. The summed E-state index contributed by atoms with van der Waals surface area (Å²) in [5.41, 5.74) is 0. The van der Waals surface area contributed by atoms with Crippen LogP contribution in [0.2, 0.25) is 0 Å². The second-order valence-electron chi connectivity index (χ2n) is 2.13. The molecule has 2 unspecified atom stereocenters. The van der Waals surface area contributed by atoms with Crippen LogP contribution in [0, 0.1) is 0 Å². The van der Waals surface area contributed by atoms with Crippen LogP contribution in [0.15, 0.2) is 0 Å². The van der Waals surface area contributed by atoms with Crippen molar-refractivity contribution in [3.63, 3.8) is 0 Å². The van der Waals surface area contributed by atoms with Gasteiger partial charge in [0.2, 0.25) is 0 Å². The van der Waals surface area contributed by atoms with Crippen molar-refractivity contribution >= 4 is 10.5 Å². The first-order valence-electron chi connectivity index (χ1n) is 3.03. The molecule has 0 heterocycles. The van der Waals surface area contributed by atoms with Gasteiger partial charge in [-0.05, 0) is 6.92 Å². The van der Waals surface area contributed by atoms with E-state index < -0.39 is 12.6 Å². The topological polar surface area (TPSA) is 9.23 Å². The van der Waals surface area contributed by atoms with Gasteiger partial charge >= 0.3 is 0 Å². The third-order valence-corrected chi connectivity index (χ3v) is 2.04. The van der Waals surface area contributed by atoms with E-state index >= 15 is 0 Å². The standard InChI is InChI=1S/C5H11F3OSi/c1-3(9-10)2-4(6)5(7)8/h3-5H,2H2,1,10H3. The van der Waals surface area contributed by atoms with E-state index in [1.807, 2.05) is 0 Å². The fourth-order valence-corrected chi connectivity index (χ4v) is 0.709. The lowest BCUT2D eigenvalue weighted by molar-refractivity contribution is 0.0264. The summed E-state index contributed by atoms with van der Waals surface area (Å²) in [6.45, 7) is 1.59. The molecule has 0 spiro atoms. The predicted octanol–water partition coefficient (Wildman–Crippen LogP) is 0.665. The maximum absolute atomic E-state index is 12.1. The van der Waals surface area contributed by atoms with Gasteiger partial charge in [0, 0.05) is 12.5 Å². The van der Waals surface area contributed by atoms with Crippen LogP contribution in [0.3, 0.4) is 0 Å². The Labute approximate surface area is 61.1 Å². The van der Waals surface area contributed by atoms with Gasteiger partial charge < -0.3 is 4.43 Å². The first-order chi connectivity index (χ1) is 4.57. The van der Waals surface area contributed by atoms with Gasteiger partial charge in [-0.25, -0.2) is 13.2 Å². The Bertz CT molecular complexity index is 91.0. The number of alkyl halides is 3. The molecule has 2 atom stereocenters. The van der Waals surface area contributed by atoms with Gasteiger partial charge in [-0.3, -0.25) is 0 Å². The molecule has 0 aliphatic heterocycles. The smallest absolute Gasteiger partial charge is 0.269 e. The third kappa shape index (κ3) is 3.89. The van der Waals surface area contributed by atoms with Gasteiger partial charge in [0.05, 0.1) is 0 Å². The van der Waals surface area contributed by atoms with E-state index in [-0.39, 0.29) is 12.5 Å². The Morgan fingerprint density at radius 3 is 2.20 bits per heavy atom. The first kappa shape index (κ1) is 9.97. The summed E-state index contributed by atoms with van der Waals surface area (Å²) in [6.07, 6.45) is -5.50. The van der Waals surface area contributed by atoms with Gasteiger partial charge in [0.1, 0.15) is 10.5 Å². The van der Waals surface area contributed by atoms with E-state index in [2.05, 4.69) is 0 Å². The Balaban J connectivity index is 3.46. The maximum atomic E-state index is 12.1. The van der Waals surface area contributed by atoms with Crippen LogP contribution in [0.5, 0.6) is 0 Å². The number of hydrogen-bond donors (Lipinski definition) is 0. The maximum Gasteiger partial charge on any atom is 0.269 e. The minimum Gasteiger partial charge on any atom is -0.425 e. The highest BCUT2D eigenvalue weighted by atomic mass is 28.2. The van der Waals surface area contributed by atoms with Gasteiger partial charge in [-0.15, -0.1) is 0 Å². The van der Waals surface area contributed by atoms with E-state index in [4.69, 9.17) is 4.43 Å². The zero-order valence-electron chi connectivity index (χ0n) is 5.98. The van der Waals surface area contributed by atoms with Crippen molar-refractivity contribution in [2.24, 2.45) is 0 Å². The zero-order valence-corrected chi connectivity index (χ0v) is 7.98. The van der Waals surface area contributed by atoms with E-state index in [0.29, 0.717) is 10.5 Å². The van der Waals surface area contributed by atoms with Crippen LogP contribution in [-0.2, 0) is 4.43 Å². The molecule has 0 radical (unpaired) electrons. The van der Waals surface area contributed by atoms with Gasteiger partial charge in [0.15, 0.2) is 6.17 Å². The highest BCUT2D eigenvalue weighted by Gasteiger charge is 2.21. The van der Waals surface area contributed by atoms with Crippen LogP contribution in [0.4, 0.5) is 13.2 Å². The molecule has 0 aliphatic carbocycles. The lowest BCUT2D eigenvalue weighted by Gasteiger charge is -2.12. The lowest BCUT2D eigenvalue weighted by atomic mass is 10.2. The normalized spacial score (nSPS) is 17.7. The minimum atomic E-state index is -2.88. The average Bonchev–Trinajstić information content (AvgIpc) is 1.87. The van der Waals surface area contributed by atoms with Crippen LogP contribution in [0.1, 0.15) is 13.3 Å². The Morgan fingerprint density at radius 1 is 1.40 bits per heavy atom. The Hall–Kier alpha value is -0.0331. The van der Waals surface area contributed by atoms with Gasteiger partial charge in [-0.1, -0.05) is 0 Å². The molecule has 0 fully saturated rings. The quantitative estimate of drug-likeness (QED) is 0.566. The highest BCUT2D eigenvalue weighted by molar-refractivity contribution is 5.98. The van der Waals surface area contributed by atoms with Crippen LogP contribution in [0.25, 0.3) is 0 Å². The van der Waals surface area contributed by atoms with E-state index in [1.54, 1.807) is 6.92 Å². The summed E-state index contributed by atoms with van der Waals surface area (Å²) in [7, 11) is 0.463. The summed E-state index contributed by atoms with van der Waals surface area (Å²) in [5, 5.41) is 0. The summed E-state index contributed by atoms with van der Waals surface area (Å²) in [5.74, 6) is 0. The molecule has 10 heavy (non-hydrogen) atoms. The Morgan fingerprint density at radius 2 is 1.90 bits per heavy atom. The van der Waals surface area contributed by atoms with E-state index in [9.17, 15) is 13.2 Å². The molecule has 62 valence electrons. The molecule has 0 rings (SSSR count). The van der Waals surface area contributed by atoms with Crippen LogP contribution >= 0.6 is 0 Å². The van der Waals surface area contributed by atoms with E-state index in [0.717, 1.165) is 0 Å². The Kier molecular flexibility index (Phi) is 4.72. The summed E-state index contributed by atoms with van der Waals surface area (Å²) < 4.78 is 39.9. The van der Waals surface area contributed by atoms with Crippen molar-refractivity contribution in [2.75, 3.05) is 0 Å². The van der Waals surface area contributed by atoms with Crippen molar-refractivity contribution in [2.45, 2.75) is 32.0 Å². The molecule has 0 amide bonds. The molecule has 0 saturated heterocycles. The fraction of sp³-hybridized carbons (Fsp3) is 1.00. The molecule has 0 saturated carbocycles. The van der Waals surface area contributed by atoms with Crippen molar-refractivity contribution in [3.05, 3.63) is 0 Å². The average molecular weight is 172 g/mol. The van der Waals surface area contributed by atoms with Crippen LogP contribution < -0.4 is 0 Å². The fourth-order valence-electron chi connectivity index (χ4n) is 0.516. The monoisotopic (exact) mass is 172 g/mol. The van der Waals surface area contributed by atoms with Crippen molar-refractivity contribution in [3.8, 4) is 0 Å². The largest absolute Gasteiger partial charge is 0.425 e. The number of halogens is 3. The molecule has 5 heteroatoms. The summed E-state index contributed by atoms with van der Waals surface area (Å²) >= 11 is 0. The van der Waals surface area contributed by atoms with Gasteiger partial charge in [0.25, 0.3) is 6.43 Å². The van der Waals surface area contributed by atoms with Crippen molar-refractivity contribution in [1.82, 2.24) is 0 Å². The molecule has 0 bridgehead atoms. The SMILES string of the molecule is CC(CC(F)C(F)F)O[SiH3]. The van der Waals surface area contributed by atoms with Crippen molar-refractivity contribution in [1.29, 1.82) is 0 Å². The molecule has 0 aromatic carbocycles. The summed E-state index contributed by atoms with van der Waals surface area (Å²) in [4.78, 5) is 0. The highest BCUT2D eigenvalue weighted by Crippen LogP contribution is 2.12.